The van der Waals surface area contributed by atoms with Gasteiger partial charge >= 0.3 is 0 Å². The van der Waals surface area contributed by atoms with Crippen LogP contribution in [0.3, 0.4) is 0 Å². The average molecular weight is 708 g/mol. The molecule has 0 heterocycles. The third-order valence-corrected chi connectivity index (χ3v) is 10.1. The predicted molar refractivity (Wildman–Crippen MR) is 182 cm³/mol. The largest absolute Gasteiger partial charge is 0.355 e. The number of carbonyl (C=O) groups is 2. The molecule has 4 rings (SSSR count). The van der Waals surface area contributed by atoms with Crippen molar-refractivity contribution in [1.29, 1.82) is 0 Å². The Labute approximate surface area is 283 Å². The first-order chi connectivity index (χ1) is 21.4. The topological polar surface area (TPSA) is 86.8 Å². The fraction of sp³-hybridized carbons (Fsp3) is 0.212. The van der Waals surface area contributed by atoms with Crippen LogP contribution in [0.4, 0.5) is 5.69 Å². The number of likely N-dealkylation sites (N-methyl/N-ethyl adjacent to an activating group) is 1. The summed E-state index contributed by atoms with van der Waals surface area (Å²) in [5, 5.41) is 3.67. The molecule has 0 aromatic heterocycles. The Balaban J connectivity index is 1.86. The van der Waals surface area contributed by atoms with Gasteiger partial charge in [-0.2, -0.15) is 0 Å². The SMILES string of the molecule is CCNC(=O)[C@@H](Cc1ccccc1)N(Cc1c(Cl)cccc1Cl)C(=O)CN(c1cc(Cl)ccc1Cl)S(=O)(=O)c1ccc(C)cc1. The zero-order valence-electron chi connectivity index (χ0n) is 24.5. The highest BCUT2D eigenvalue weighted by Crippen LogP contribution is 2.34. The molecule has 0 bridgehead atoms. The fourth-order valence-electron chi connectivity index (χ4n) is 4.73. The monoisotopic (exact) mass is 705 g/mol. The summed E-state index contributed by atoms with van der Waals surface area (Å²) < 4.78 is 29.2. The van der Waals surface area contributed by atoms with Gasteiger partial charge in [-0.3, -0.25) is 13.9 Å². The highest BCUT2D eigenvalue weighted by molar-refractivity contribution is 7.92. The van der Waals surface area contributed by atoms with Gasteiger partial charge in [0, 0.05) is 40.1 Å². The highest BCUT2D eigenvalue weighted by Gasteiger charge is 2.35. The molecule has 0 unspecified atom stereocenters. The van der Waals surface area contributed by atoms with Crippen LogP contribution in [0.5, 0.6) is 0 Å². The molecule has 7 nitrogen and oxygen atoms in total. The molecule has 0 saturated carbocycles. The summed E-state index contributed by atoms with van der Waals surface area (Å²) >= 11 is 25.9. The quantitative estimate of drug-likeness (QED) is 0.165. The van der Waals surface area contributed by atoms with Gasteiger partial charge in [-0.25, -0.2) is 8.42 Å². The van der Waals surface area contributed by atoms with Crippen LogP contribution in [0.25, 0.3) is 0 Å². The van der Waals surface area contributed by atoms with Gasteiger partial charge in [-0.15, -0.1) is 0 Å². The predicted octanol–water partition coefficient (Wildman–Crippen LogP) is 7.58. The Morgan fingerprint density at radius 3 is 2.09 bits per heavy atom. The lowest BCUT2D eigenvalue weighted by Crippen LogP contribution is -2.53. The Hall–Kier alpha value is -3.27. The molecule has 4 aromatic carbocycles. The Morgan fingerprint density at radius 1 is 0.822 bits per heavy atom. The zero-order valence-corrected chi connectivity index (χ0v) is 28.4. The van der Waals surface area contributed by atoms with E-state index in [4.69, 9.17) is 46.4 Å². The third kappa shape index (κ3) is 8.51. The summed E-state index contributed by atoms with van der Waals surface area (Å²) in [5.74, 6) is -1.11. The molecule has 1 N–H and O–H groups in total. The maximum Gasteiger partial charge on any atom is 0.264 e. The van der Waals surface area contributed by atoms with Gasteiger partial charge in [-0.1, -0.05) is 100 Å². The second-order valence-electron chi connectivity index (χ2n) is 10.2. The Bertz CT molecular complexity index is 1750. The first kappa shape index (κ1) is 34.6. The van der Waals surface area contributed by atoms with Crippen molar-refractivity contribution in [2.45, 2.75) is 37.8 Å². The third-order valence-electron chi connectivity index (χ3n) is 7.08. The van der Waals surface area contributed by atoms with E-state index in [0.717, 1.165) is 15.4 Å². The number of hydrogen-bond acceptors (Lipinski definition) is 4. The number of nitrogens with one attached hydrogen (secondary N) is 1. The van der Waals surface area contributed by atoms with Crippen LogP contribution >= 0.6 is 46.4 Å². The van der Waals surface area contributed by atoms with Crippen LogP contribution in [-0.2, 0) is 32.6 Å². The Morgan fingerprint density at radius 2 is 1.47 bits per heavy atom. The number of amides is 2. The van der Waals surface area contributed by atoms with Crippen molar-refractivity contribution in [1.82, 2.24) is 10.2 Å². The van der Waals surface area contributed by atoms with E-state index in [1.54, 1.807) is 37.3 Å². The molecule has 2 amide bonds. The van der Waals surface area contributed by atoms with Gasteiger partial charge in [0.2, 0.25) is 11.8 Å². The van der Waals surface area contributed by atoms with E-state index in [-0.39, 0.29) is 43.6 Å². The minimum Gasteiger partial charge on any atom is -0.355 e. The van der Waals surface area contributed by atoms with E-state index < -0.39 is 34.4 Å². The second kappa shape index (κ2) is 15.3. The molecule has 0 aliphatic rings. The lowest BCUT2D eigenvalue weighted by Gasteiger charge is -2.34. The van der Waals surface area contributed by atoms with Crippen LogP contribution in [0.2, 0.25) is 20.1 Å². The first-order valence-corrected chi connectivity index (χ1v) is 17.0. The van der Waals surface area contributed by atoms with Crippen molar-refractivity contribution in [2.24, 2.45) is 0 Å². The van der Waals surface area contributed by atoms with E-state index in [9.17, 15) is 18.0 Å². The van der Waals surface area contributed by atoms with Gasteiger partial charge in [0.25, 0.3) is 10.0 Å². The smallest absolute Gasteiger partial charge is 0.264 e. The molecular formula is C33H31Cl4N3O4S. The molecule has 0 fully saturated rings. The van der Waals surface area contributed by atoms with Crippen molar-refractivity contribution in [2.75, 3.05) is 17.4 Å². The summed E-state index contributed by atoms with van der Waals surface area (Å²) in [7, 11) is -4.35. The molecule has 4 aromatic rings. The summed E-state index contributed by atoms with van der Waals surface area (Å²) in [6.45, 7) is 3.03. The van der Waals surface area contributed by atoms with Crippen LogP contribution < -0.4 is 9.62 Å². The number of hydrogen-bond donors (Lipinski definition) is 1. The number of aryl methyl sites for hydroxylation is 1. The van der Waals surface area contributed by atoms with E-state index in [0.29, 0.717) is 12.1 Å². The average Bonchev–Trinajstić information content (AvgIpc) is 3.01. The van der Waals surface area contributed by atoms with Gasteiger partial charge in [-0.05, 0) is 61.9 Å². The number of anilines is 1. The van der Waals surface area contributed by atoms with Crippen molar-refractivity contribution in [3.63, 3.8) is 0 Å². The van der Waals surface area contributed by atoms with Gasteiger partial charge < -0.3 is 10.2 Å². The number of rotatable bonds is 12. The first-order valence-electron chi connectivity index (χ1n) is 14.0. The molecule has 12 heteroatoms. The van der Waals surface area contributed by atoms with Gasteiger partial charge in [0.15, 0.2) is 0 Å². The van der Waals surface area contributed by atoms with Crippen molar-refractivity contribution in [3.8, 4) is 0 Å². The van der Waals surface area contributed by atoms with E-state index in [2.05, 4.69) is 5.32 Å². The maximum absolute atomic E-state index is 14.5. The van der Waals surface area contributed by atoms with E-state index in [1.807, 2.05) is 37.3 Å². The van der Waals surface area contributed by atoms with E-state index in [1.165, 1.54) is 35.2 Å². The summed E-state index contributed by atoms with van der Waals surface area (Å²) in [4.78, 5) is 29.4. The lowest BCUT2D eigenvalue weighted by molar-refractivity contribution is -0.140. The highest BCUT2D eigenvalue weighted by atomic mass is 35.5. The molecule has 1 atom stereocenters. The number of benzene rings is 4. The summed E-state index contributed by atoms with van der Waals surface area (Å²) in [6, 6.07) is 23.6. The number of carbonyl (C=O) groups excluding carboxylic acids is 2. The van der Waals surface area contributed by atoms with Crippen LogP contribution in [-0.4, -0.2) is 44.3 Å². The number of sulfonamides is 1. The zero-order chi connectivity index (χ0) is 32.7. The second-order valence-corrected chi connectivity index (χ2v) is 13.8. The van der Waals surface area contributed by atoms with Crippen LogP contribution in [0.15, 0.2) is 95.9 Å². The van der Waals surface area contributed by atoms with Crippen LogP contribution in [0.1, 0.15) is 23.6 Å². The molecule has 0 aliphatic heterocycles. The molecule has 0 radical (unpaired) electrons. The fourth-order valence-corrected chi connectivity index (χ4v) is 7.11. The lowest BCUT2D eigenvalue weighted by atomic mass is 10.0. The summed E-state index contributed by atoms with van der Waals surface area (Å²) in [6.07, 6.45) is 0.142. The molecule has 0 spiro atoms. The summed E-state index contributed by atoms with van der Waals surface area (Å²) in [5.41, 5.74) is 2.06. The molecule has 45 heavy (non-hydrogen) atoms. The Kier molecular flexibility index (Phi) is 11.8. The van der Waals surface area contributed by atoms with Gasteiger partial charge in [0.05, 0.1) is 15.6 Å². The standard InChI is InChI=1S/C33H31Cl4N3O4S/c1-3-38-33(42)31(18-23-8-5-4-6-9-23)39(20-26-27(35)10-7-11-28(26)36)32(41)21-40(30-19-24(34)14-17-29(30)37)45(43,44)25-15-12-22(2)13-16-25/h4-17,19,31H,3,18,20-21H2,1-2H3,(H,38,42)/t31-/m1/s1. The minimum absolute atomic E-state index is 0.00596. The molecule has 0 aliphatic carbocycles. The molecule has 236 valence electrons. The maximum atomic E-state index is 14.5. The molecule has 0 saturated heterocycles. The van der Waals surface area contributed by atoms with Crippen molar-refractivity contribution < 1.29 is 18.0 Å². The van der Waals surface area contributed by atoms with Crippen molar-refractivity contribution in [3.05, 3.63) is 128 Å². The normalized spacial score (nSPS) is 12.0. The minimum atomic E-state index is -4.35. The molecular weight excluding hydrogens is 676 g/mol. The van der Waals surface area contributed by atoms with Gasteiger partial charge in [0.1, 0.15) is 12.6 Å². The number of nitrogens with zero attached hydrogens (tertiary/aromatic N) is 2. The number of halogens is 4. The van der Waals surface area contributed by atoms with E-state index >= 15 is 0 Å². The van der Waals surface area contributed by atoms with Crippen molar-refractivity contribution >= 4 is 73.9 Å². The van der Waals surface area contributed by atoms with Crippen LogP contribution in [0, 0.1) is 6.92 Å².